The lowest BCUT2D eigenvalue weighted by Crippen LogP contribution is -2.47. The SMILES string of the molecule is CCCCCCCCCCCCC1(/C=C/CSS(C)(=O)=O)CCC(C)(C)N1[O]. The van der Waals surface area contributed by atoms with Crippen molar-refractivity contribution in [2.45, 2.75) is 115 Å². The van der Waals surface area contributed by atoms with Gasteiger partial charge in [0.25, 0.3) is 0 Å². The van der Waals surface area contributed by atoms with Crippen LogP contribution in [0.3, 0.4) is 0 Å². The van der Waals surface area contributed by atoms with Crippen LogP contribution < -0.4 is 0 Å². The van der Waals surface area contributed by atoms with Crippen LogP contribution >= 0.6 is 10.8 Å². The third kappa shape index (κ3) is 9.64. The van der Waals surface area contributed by atoms with Crippen molar-refractivity contribution in [2.75, 3.05) is 12.0 Å². The van der Waals surface area contributed by atoms with Gasteiger partial charge in [-0.15, -0.1) is 10.3 Å². The Morgan fingerprint density at radius 2 is 1.46 bits per heavy atom. The van der Waals surface area contributed by atoms with Crippen molar-refractivity contribution in [1.82, 2.24) is 5.06 Å². The second-order valence-electron chi connectivity index (χ2n) is 9.03. The van der Waals surface area contributed by atoms with Crippen LogP contribution in [-0.4, -0.2) is 36.6 Å². The minimum Gasteiger partial charge on any atom is -0.218 e. The topological polar surface area (TPSA) is 57.3 Å². The summed E-state index contributed by atoms with van der Waals surface area (Å²) < 4.78 is 22.6. The van der Waals surface area contributed by atoms with Crippen molar-refractivity contribution in [3.8, 4) is 0 Å². The second-order valence-corrected chi connectivity index (χ2v) is 13.5. The first-order chi connectivity index (χ1) is 13.1. The molecule has 0 amide bonds. The van der Waals surface area contributed by atoms with E-state index < -0.39 is 14.4 Å². The van der Waals surface area contributed by atoms with E-state index in [4.69, 9.17) is 0 Å². The minimum atomic E-state index is -3.04. The summed E-state index contributed by atoms with van der Waals surface area (Å²) >= 11 is 0. The molecule has 6 heteroatoms. The van der Waals surface area contributed by atoms with Crippen molar-refractivity contribution >= 4 is 19.7 Å². The van der Waals surface area contributed by atoms with Gasteiger partial charge in [-0.3, -0.25) is 0 Å². The van der Waals surface area contributed by atoms with Crippen LogP contribution in [0.4, 0.5) is 0 Å². The second kappa shape index (κ2) is 12.6. The summed E-state index contributed by atoms with van der Waals surface area (Å²) in [7, 11) is -2.11. The highest BCUT2D eigenvalue weighted by molar-refractivity contribution is 8.71. The van der Waals surface area contributed by atoms with E-state index in [1.165, 1.54) is 69.1 Å². The zero-order valence-electron chi connectivity index (χ0n) is 18.5. The number of hydrogen-bond acceptors (Lipinski definition) is 4. The molecule has 1 aliphatic rings. The lowest BCUT2D eigenvalue weighted by atomic mass is 9.89. The normalized spacial score (nSPS) is 23.0. The lowest BCUT2D eigenvalue weighted by molar-refractivity contribution is -0.242. The average Bonchev–Trinajstić information content (AvgIpc) is 2.84. The van der Waals surface area contributed by atoms with E-state index >= 15 is 0 Å². The van der Waals surface area contributed by atoms with Gasteiger partial charge in [0.2, 0.25) is 0 Å². The summed E-state index contributed by atoms with van der Waals surface area (Å²) in [5.41, 5.74) is -0.797. The number of nitrogens with zero attached hydrogens (tertiary/aromatic N) is 1. The lowest BCUT2D eigenvalue weighted by Gasteiger charge is -2.35. The molecule has 0 N–H and O–H groups in total. The van der Waals surface area contributed by atoms with E-state index in [1.54, 1.807) is 0 Å². The summed E-state index contributed by atoms with van der Waals surface area (Å²) in [5.74, 6) is 0.410. The standard InChI is InChI=1S/C22H42NO3S2/c1-5-6-7-8-9-10-11-12-13-14-16-22(17-15-20-27-28(4,25)26)19-18-21(2,3)23(22)24/h15,17H,5-14,16,18-20H2,1-4H3/b17-15+. The van der Waals surface area contributed by atoms with Gasteiger partial charge in [-0.2, -0.15) is 0 Å². The maximum absolute atomic E-state index is 13.0. The molecule has 0 aromatic rings. The third-order valence-electron chi connectivity index (χ3n) is 5.89. The van der Waals surface area contributed by atoms with Gasteiger partial charge in [0.15, 0.2) is 8.87 Å². The van der Waals surface area contributed by atoms with Crippen molar-refractivity contribution in [1.29, 1.82) is 0 Å². The molecule has 1 unspecified atom stereocenters. The number of hydrogen-bond donors (Lipinski definition) is 0. The van der Waals surface area contributed by atoms with Gasteiger partial charge in [-0.1, -0.05) is 83.3 Å². The van der Waals surface area contributed by atoms with Gasteiger partial charge in [-0.25, -0.2) is 8.42 Å². The first kappa shape index (κ1) is 26.0. The zero-order valence-corrected chi connectivity index (χ0v) is 20.2. The molecular weight excluding hydrogens is 390 g/mol. The molecule has 1 heterocycles. The summed E-state index contributed by atoms with van der Waals surface area (Å²) in [6.07, 6.45) is 20.6. The maximum Gasteiger partial charge on any atom is 0.198 e. The molecule has 1 radical (unpaired) electrons. The van der Waals surface area contributed by atoms with E-state index in [9.17, 15) is 13.6 Å². The van der Waals surface area contributed by atoms with Crippen LogP contribution in [0.5, 0.6) is 0 Å². The highest BCUT2D eigenvalue weighted by Gasteiger charge is 2.49. The van der Waals surface area contributed by atoms with Gasteiger partial charge >= 0.3 is 0 Å². The quantitative estimate of drug-likeness (QED) is 0.168. The fraction of sp³-hybridized carbons (Fsp3) is 0.909. The van der Waals surface area contributed by atoms with Gasteiger partial charge in [0.1, 0.15) is 0 Å². The minimum absolute atomic E-state index is 0.340. The van der Waals surface area contributed by atoms with Gasteiger partial charge in [-0.05, 0) is 43.9 Å². The Balaban J connectivity index is 2.40. The van der Waals surface area contributed by atoms with Gasteiger partial charge < -0.3 is 0 Å². The van der Waals surface area contributed by atoms with E-state index in [0.29, 0.717) is 5.75 Å². The first-order valence-corrected chi connectivity index (χ1v) is 14.5. The molecule has 1 fully saturated rings. The summed E-state index contributed by atoms with van der Waals surface area (Å²) in [6.45, 7) is 6.28. The smallest absolute Gasteiger partial charge is 0.198 e. The molecule has 0 aliphatic carbocycles. The van der Waals surface area contributed by atoms with E-state index in [2.05, 4.69) is 6.92 Å². The third-order valence-corrected chi connectivity index (χ3v) is 8.34. The fourth-order valence-electron chi connectivity index (χ4n) is 4.14. The van der Waals surface area contributed by atoms with Crippen molar-refractivity contribution < 1.29 is 13.6 Å². The maximum atomic E-state index is 13.0. The Morgan fingerprint density at radius 3 is 1.93 bits per heavy atom. The molecule has 1 aliphatic heterocycles. The number of rotatable bonds is 15. The molecule has 0 aromatic carbocycles. The molecular formula is C22H42NO3S2. The predicted octanol–water partition coefficient (Wildman–Crippen LogP) is 6.51. The molecule has 1 rings (SSSR count). The largest absolute Gasteiger partial charge is 0.218 e. The Bertz CT molecular complexity index is 560. The first-order valence-electron chi connectivity index (χ1n) is 11.1. The molecule has 0 saturated carbocycles. The summed E-state index contributed by atoms with van der Waals surface area (Å²) in [6, 6.07) is 0. The van der Waals surface area contributed by atoms with E-state index in [1.807, 2.05) is 26.0 Å². The Labute approximate surface area is 177 Å². The molecule has 0 bridgehead atoms. The molecule has 1 saturated heterocycles. The van der Waals surface area contributed by atoms with Crippen molar-refractivity contribution in [3.05, 3.63) is 12.2 Å². The fourth-order valence-corrected chi connectivity index (χ4v) is 5.54. The van der Waals surface area contributed by atoms with Crippen molar-refractivity contribution in [3.63, 3.8) is 0 Å². The van der Waals surface area contributed by atoms with Crippen LogP contribution in [0, 0.1) is 0 Å². The highest BCUT2D eigenvalue weighted by atomic mass is 33.1. The molecule has 0 aromatic heterocycles. The van der Waals surface area contributed by atoms with E-state index in [0.717, 1.165) is 36.5 Å². The van der Waals surface area contributed by atoms with E-state index in [-0.39, 0.29) is 5.54 Å². The summed E-state index contributed by atoms with van der Waals surface area (Å²) in [4.78, 5) is 0. The number of hydroxylamine groups is 2. The van der Waals surface area contributed by atoms with Gasteiger partial charge in [0.05, 0.1) is 5.54 Å². The van der Waals surface area contributed by atoms with Crippen LogP contribution in [0.2, 0.25) is 0 Å². The molecule has 165 valence electrons. The zero-order chi connectivity index (χ0) is 21.1. The molecule has 28 heavy (non-hydrogen) atoms. The van der Waals surface area contributed by atoms with Crippen LogP contribution in [0.15, 0.2) is 12.2 Å². The van der Waals surface area contributed by atoms with Crippen LogP contribution in [-0.2, 0) is 14.1 Å². The molecule has 4 nitrogen and oxygen atoms in total. The Hall–Kier alpha value is -0.0400. The van der Waals surface area contributed by atoms with Crippen LogP contribution in [0.1, 0.15) is 104 Å². The predicted molar refractivity (Wildman–Crippen MR) is 121 cm³/mol. The molecule has 0 spiro atoms. The average molecular weight is 433 g/mol. The van der Waals surface area contributed by atoms with Gasteiger partial charge in [0, 0.05) is 17.5 Å². The summed E-state index contributed by atoms with van der Waals surface area (Å²) in [5, 5.41) is 14.3. The number of unbranched alkanes of at least 4 members (excludes halogenated alkanes) is 9. The Morgan fingerprint density at radius 1 is 0.929 bits per heavy atom. The monoisotopic (exact) mass is 432 g/mol. The molecule has 1 atom stereocenters. The highest BCUT2D eigenvalue weighted by Crippen LogP contribution is 2.43. The van der Waals surface area contributed by atoms with Crippen molar-refractivity contribution in [2.24, 2.45) is 0 Å². The Kier molecular flexibility index (Phi) is 11.7. The van der Waals surface area contributed by atoms with Crippen LogP contribution in [0.25, 0.3) is 0 Å².